The van der Waals surface area contributed by atoms with Gasteiger partial charge in [-0.05, 0) is 36.8 Å². The van der Waals surface area contributed by atoms with E-state index in [4.69, 9.17) is 10.5 Å². The van der Waals surface area contributed by atoms with Crippen LogP contribution >= 0.6 is 15.9 Å². The average molecular weight is 328 g/mol. The molecule has 1 unspecified atom stereocenters. The monoisotopic (exact) mass is 327 g/mol. The molecule has 0 fully saturated rings. The van der Waals surface area contributed by atoms with Crippen molar-refractivity contribution in [2.45, 2.75) is 13.0 Å². The molecule has 5 heteroatoms. The van der Waals surface area contributed by atoms with Gasteiger partial charge in [-0.1, -0.05) is 22.0 Å². The molecule has 100 valence electrons. The van der Waals surface area contributed by atoms with Crippen LogP contribution in [-0.2, 0) is 0 Å². The summed E-state index contributed by atoms with van der Waals surface area (Å²) in [5.74, 6) is -0.742. The third-order valence-electron chi connectivity index (χ3n) is 2.55. The zero-order valence-electron chi connectivity index (χ0n) is 10.2. The summed E-state index contributed by atoms with van der Waals surface area (Å²) >= 11 is 3.15. The second-order valence-corrected chi connectivity index (χ2v) is 5.10. The second-order valence-electron chi connectivity index (χ2n) is 4.19. The number of ether oxygens (including phenoxy) is 1. The summed E-state index contributed by atoms with van der Waals surface area (Å²) in [4.78, 5) is 0. The molecule has 0 saturated carbocycles. The van der Waals surface area contributed by atoms with Gasteiger partial charge < -0.3 is 10.5 Å². The van der Waals surface area contributed by atoms with Crippen molar-refractivity contribution in [1.29, 1.82) is 0 Å². The highest BCUT2D eigenvalue weighted by molar-refractivity contribution is 9.10. The number of hydrogen-bond donors (Lipinski definition) is 1. The molecule has 1 atom stereocenters. The molecule has 2 rings (SSSR count). The second kappa shape index (κ2) is 5.67. The molecule has 2 nitrogen and oxygen atoms in total. The predicted molar refractivity (Wildman–Crippen MR) is 73.2 cm³/mol. The van der Waals surface area contributed by atoms with E-state index in [9.17, 15) is 8.78 Å². The van der Waals surface area contributed by atoms with Gasteiger partial charge in [0.2, 0.25) is 0 Å². The van der Waals surface area contributed by atoms with Crippen molar-refractivity contribution >= 4 is 15.9 Å². The molecule has 0 saturated heterocycles. The highest BCUT2D eigenvalue weighted by Gasteiger charge is 2.09. The molecule has 0 amide bonds. The zero-order chi connectivity index (χ0) is 14.0. The minimum Gasteiger partial charge on any atom is -0.454 e. The Morgan fingerprint density at radius 3 is 2.47 bits per heavy atom. The normalized spacial score (nSPS) is 12.3. The lowest BCUT2D eigenvalue weighted by molar-refractivity contribution is 0.437. The highest BCUT2D eigenvalue weighted by Crippen LogP contribution is 2.29. The van der Waals surface area contributed by atoms with Crippen LogP contribution in [-0.4, -0.2) is 0 Å². The van der Waals surface area contributed by atoms with Gasteiger partial charge >= 0.3 is 0 Å². The lowest BCUT2D eigenvalue weighted by atomic mass is 10.1. The fourth-order valence-corrected chi connectivity index (χ4v) is 2.04. The van der Waals surface area contributed by atoms with Crippen LogP contribution in [0.4, 0.5) is 8.78 Å². The smallest absolute Gasteiger partial charge is 0.166 e. The van der Waals surface area contributed by atoms with Gasteiger partial charge in [0.15, 0.2) is 11.6 Å². The summed E-state index contributed by atoms with van der Waals surface area (Å²) in [6.07, 6.45) is 0. The van der Waals surface area contributed by atoms with E-state index >= 15 is 0 Å². The van der Waals surface area contributed by atoms with Crippen molar-refractivity contribution < 1.29 is 13.5 Å². The van der Waals surface area contributed by atoms with E-state index in [1.54, 1.807) is 19.1 Å². The van der Waals surface area contributed by atoms with Gasteiger partial charge in [-0.15, -0.1) is 0 Å². The van der Waals surface area contributed by atoms with Crippen LogP contribution in [0.25, 0.3) is 0 Å². The van der Waals surface area contributed by atoms with Gasteiger partial charge in [-0.2, -0.15) is 0 Å². The summed E-state index contributed by atoms with van der Waals surface area (Å²) < 4.78 is 32.8. The van der Waals surface area contributed by atoms with Gasteiger partial charge in [-0.3, -0.25) is 0 Å². The van der Waals surface area contributed by atoms with Crippen LogP contribution in [0.3, 0.4) is 0 Å². The largest absolute Gasteiger partial charge is 0.454 e. The molecule has 0 radical (unpaired) electrons. The molecule has 0 heterocycles. The van der Waals surface area contributed by atoms with Gasteiger partial charge in [-0.25, -0.2) is 8.78 Å². The van der Waals surface area contributed by atoms with E-state index in [2.05, 4.69) is 15.9 Å². The van der Waals surface area contributed by atoms with E-state index in [1.807, 2.05) is 0 Å². The molecule has 2 N–H and O–H groups in total. The SMILES string of the molecule is CC(N)c1ccc(Oc2cc(F)cc(Br)c2)c(F)c1. The average Bonchev–Trinajstić information content (AvgIpc) is 2.30. The number of hydrogen-bond acceptors (Lipinski definition) is 2. The van der Waals surface area contributed by atoms with E-state index in [0.717, 1.165) is 0 Å². The van der Waals surface area contributed by atoms with Crippen molar-refractivity contribution in [2.24, 2.45) is 5.73 Å². The molecule has 0 aliphatic heterocycles. The van der Waals surface area contributed by atoms with Gasteiger partial charge in [0.1, 0.15) is 11.6 Å². The molecule has 0 aliphatic rings. The zero-order valence-corrected chi connectivity index (χ0v) is 11.7. The molecule has 0 bridgehead atoms. The van der Waals surface area contributed by atoms with Gasteiger partial charge in [0.05, 0.1) is 0 Å². The van der Waals surface area contributed by atoms with E-state index in [-0.39, 0.29) is 17.5 Å². The summed E-state index contributed by atoms with van der Waals surface area (Å²) in [7, 11) is 0. The number of rotatable bonds is 3. The van der Waals surface area contributed by atoms with Crippen LogP contribution in [0.2, 0.25) is 0 Å². The fraction of sp³-hybridized carbons (Fsp3) is 0.143. The summed E-state index contributed by atoms with van der Waals surface area (Å²) in [6.45, 7) is 1.76. The van der Waals surface area contributed by atoms with Crippen molar-refractivity contribution in [3.05, 3.63) is 58.1 Å². The number of nitrogens with two attached hydrogens (primary N) is 1. The summed E-state index contributed by atoms with van der Waals surface area (Å²) in [6, 6.07) is 8.25. The topological polar surface area (TPSA) is 35.2 Å². The summed E-state index contributed by atoms with van der Waals surface area (Å²) in [5.41, 5.74) is 6.33. The van der Waals surface area contributed by atoms with Crippen molar-refractivity contribution in [3.63, 3.8) is 0 Å². The Bertz CT molecular complexity index is 582. The van der Waals surface area contributed by atoms with Gasteiger partial charge in [0.25, 0.3) is 0 Å². The van der Waals surface area contributed by atoms with Crippen LogP contribution < -0.4 is 10.5 Å². The third-order valence-corrected chi connectivity index (χ3v) is 3.00. The maximum atomic E-state index is 13.8. The molecule has 0 aromatic heterocycles. The Morgan fingerprint density at radius 1 is 1.16 bits per heavy atom. The first-order chi connectivity index (χ1) is 8.95. The molecule has 19 heavy (non-hydrogen) atoms. The maximum Gasteiger partial charge on any atom is 0.166 e. The Labute approximate surface area is 118 Å². The van der Waals surface area contributed by atoms with Crippen molar-refractivity contribution in [2.75, 3.05) is 0 Å². The predicted octanol–water partition coefficient (Wildman–Crippen LogP) is 4.54. The lowest BCUT2D eigenvalue weighted by Crippen LogP contribution is -2.05. The maximum absolute atomic E-state index is 13.8. The first-order valence-corrected chi connectivity index (χ1v) is 6.44. The minimum absolute atomic E-state index is 0.0295. The van der Waals surface area contributed by atoms with E-state index in [0.29, 0.717) is 10.0 Å². The Hall–Kier alpha value is -1.46. The molecule has 2 aromatic carbocycles. The van der Waals surface area contributed by atoms with Crippen molar-refractivity contribution in [3.8, 4) is 11.5 Å². The molecular formula is C14H12BrF2NO. The Balaban J connectivity index is 2.28. The number of halogens is 3. The summed E-state index contributed by atoms with van der Waals surface area (Å²) in [5, 5.41) is 0. The quantitative estimate of drug-likeness (QED) is 0.898. The first kappa shape index (κ1) is 14.0. The van der Waals surface area contributed by atoms with Crippen molar-refractivity contribution in [1.82, 2.24) is 0 Å². The third kappa shape index (κ3) is 3.52. The van der Waals surface area contributed by atoms with Crippen LogP contribution in [0.1, 0.15) is 18.5 Å². The Kier molecular flexibility index (Phi) is 4.17. The molecule has 2 aromatic rings. The van der Waals surface area contributed by atoms with E-state index in [1.165, 1.54) is 24.3 Å². The van der Waals surface area contributed by atoms with Crippen LogP contribution in [0, 0.1) is 11.6 Å². The molecular weight excluding hydrogens is 316 g/mol. The molecule has 0 spiro atoms. The van der Waals surface area contributed by atoms with Crippen LogP contribution in [0.5, 0.6) is 11.5 Å². The Morgan fingerprint density at radius 2 is 1.89 bits per heavy atom. The molecule has 0 aliphatic carbocycles. The van der Waals surface area contributed by atoms with Crippen LogP contribution in [0.15, 0.2) is 40.9 Å². The fourth-order valence-electron chi connectivity index (χ4n) is 1.60. The minimum atomic E-state index is -0.532. The highest BCUT2D eigenvalue weighted by atomic mass is 79.9. The van der Waals surface area contributed by atoms with Gasteiger partial charge in [0, 0.05) is 16.6 Å². The van der Waals surface area contributed by atoms with E-state index < -0.39 is 11.6 Å². The lowest BCUT2D eigenvalue weighted by Gasteiger charge is -2.10. The first-order valence-electron chi connectivity index (χ1n) is 5.64. The number of benzene rings is 2. The standard InChI is InChI=1S/C14H12BrF2NO/c1-8(18)9-2-3-14(13(17)4-9)19-12-6-10(15)5-11(16)7-12/h2-8H,18H2,1H3.